The van der Waals surface area contributed by atoms with Crippen LogP contribution in [0.5, 0.6) is 0 Å². The number of rotatable bonds is 3. The second-order valence-corrected chi connectivity index (χ2v) is 5.61. The Morgan fingerprint density at radius 2 is 1.74 bits per heavy atom. The predicted molar refractivity (Wildman–Crippen MR) is 73.8 cm³/mol. The number of aliphatic hydroxyl groups is 1. The molecule has 0 spiro atoms. The minimum atomic E-state index is -1.21. The van der Waals surface area contributed by atoms with Gasteiger partial charge in [-0.25, -0.2) is 8.78 Å². The molecule has 0 heterocycles. The summed E-state index contributed by atoms with van der Waals surface area (Å²) >= 11 is 3.32. The monoisotopic (exact) mass is 326 g/mol. The van der Waals surface area contributed by atoms with Gasteiger partial charge in [-0.3, -0.25) is 0 Å². The third-order valence-corrected chi connectivity index (χ3v) is 3.54. The second kappa shape index (κ2) is 5.39. The molecule has 0 saturated carbocycles. The van der Waals surface area contributed by atoms with E-state index in [0.29, 0.717) is 5.56 Å². The highest BCUT2D eigenvalue weighted by Crippen LogP contribution is 2.27. The molecule has 0 radical (unpaired) electrons. The minimum absolute atomic E-state index is 0.0841. The van der Waals surface area contributed by atoms with Crippen molar-refractivity contribution in [2.75, 3.05) is 0 Å². The summed E-state index contributed by atoms with van der Waals surface area (Å²) in [5.74, 6) is -1.26. The lowest BCUT2D eigenvalue weighted by Gasteiger charge is -2.24. The van der Waals surface area contributed by atoms with E-state index in [1.807, 2.05) is 12.1 Å². The first-order valence-corrected chi connectivity index (χ1v) is 6.60. The summed E-state index contributed by atoms with van der Waals surface area (Å²) in [6.45, 7) is 1.61. The lowest BCUT2D eigenvalue weighted by Crippen LogP contribution is -2.24. The fourth-order valence-corrected chi connectivity index (χ4v) is 2.21. The van der Waals surface area contributed by atoms with Crippen molar-refractivity contribution in [3.05, 3.63) is 69.7 Å². The van der Waals surface area contributed by atoms with Gasteiger partial charge in [0, 0.05) is 17.0 Å². The van der Waals surface area contributed by atoms with Crippen molar-refractivity contribution in [2.45, 2.75) is 18.9 Å². The first-order chi connectivity index (χ1) is 8.88. The molecular weight excluding hydrogens is 314 g/mol. The van der Waals surface area contributed by atoms with E-state index >= 15 is 0 Å². The zero-order chi connectivity index (χ0) is 14.0. The molecule has 1 N–H and O–H groups in total. The Morgan fingerprint density at radius 1 is 1.11 bits per heavy atom. The van der Waals surface area contributed by atoms with E-state index in [1.165, 1.54) is 12.1 Å². The van der Waals surface area contributed by atoms with Gasteiger partial charge in [-0.2, -0.15) is 0 Å². The van der Waals surface area contributed by atoms with Crippen molar-refractivity contribution in [3.63, 3.8) is 0 Å². The molecule has 19 heavy (non-hydrogen) atoms. The summed E-state index contributed by atoms with van der Waals surface area (Å²) < 4.78 is 27.3. The number of halogens is 3. The standard InChI is InChI=1S/C15H13BrF2O/c1-15(19,11-3-5-12(16)6-4-11)9-10-2-7-13(17)8-14(10)18/h2-8,19H,9H2,1H3. The van der Waals surface area contributed by atoms with Crippen LogP contribution in [0.3, 0.4) is 0 Å². The van der Waals surface area contributed by atoms with E-state index in [1.54, 1.807) is 19.1 Å². The minimum Gasteiger partial charge on any atom is -0.385 e. The van der Waals surface area contributed by atoms with Gasteiger partial charge >= 0.3 is 0 Å². The number of hydrogen-bond acceptors (Lipinski definition) is 1. The molecule has 0 amide bonds. The van der Waals surface area contributed by atoms with Crippen LogP contribution in [0, 0.1) is 11.6 Å². The van der Waals surface area contributed by atoms with Crippen molar-refractivity contribution in [1.29, 1.82) is 0 Å². The summed E-state index contributed by atoms with van der Waals surface area (Å²) in [5.41, 5.74) is -0.243. The van der Waals surface area contributed by atoms with Crippen LogP contribution < -0.4 is 0 Å². The van der Waals surface area contributed by atoms with Gasteiger partial charge in [0.1, 0.15) is 11.6 Å². The van der Waals surface area contributed by atoms with Gasteiger partial charge in [0.05, 0.1) is 5.60 Å². The van der Waals surface area contributed by atoms with Crippen LogP contribution in [-0.4, -0.2) is 5.11 Å². The van der Waals surface area contributed by atoms with E-state index in [0.717, 1.165) is 10.5 Å². The molecule has 0 aliphatic heterocycles. The molecule has 4 heteroatoms. The third-order valence-electron chi connectivity index (χ3n) is 3.02. The maximum atomic E-state index is 13.6. The Balaban J connectivity index is 2.27. The number of hydrogen-bond donors (Lipinski definition) is 1. The summed E-state index contributed by atoms with van der Waals surface area (Å²) in [6, 6.07) is 10.5. The van der Waals surface area contributed by atoms with Crippen molar-refractivity contribution in [1.82, 2.24) is 0 Å². The molecule has 1 atom stereocenters. The molecule has 2 aromatic rings. The van der Waals surface area contributed by atoms with Crippen LogP contribution in [0.15, 0.2) is 46.9 Å². The van der Waals surface area contributed by atoms with Crippen molar-refractivity contribution in [3.8, 4) is 0 Å². The van der Waals surface area contributed by atoms with Gasteiger partial charge in [0.25, 0.3) is 0 Å². The topological polar surface area (TPSA) is 20.2 Å². The SMILES string of the molecule is CC(O)(Cc1ccc(F)cc1F)c1ccc(Br)cc1. The van der Waals surface area contributed by atoms with Crippen LogP contribution in [0.4, 0.5) is 8.78 Å². The molecule has 0 aliphatic carbocycles. The Kier molecular flexibility index (Phi) is 4.02. The van der Waals surface area contributed by atoms with E-state index in [9.17, 15) is 13.9 Å². The first kappa shape index (κ1) is 14.2. The third kappa shape index (κ3) is 3.39. The predicted octanol–water partition coefficient (Wildman–Crippen LogP) is 4.18. The van der Waals surface area contributed by atoms with E-state index < -0.39 is 17.2 Å². The molecule has 2 aromatic carbocycles. The maximum Gasteiger partial charge on any atom is 0.129 e. The first-order valence-electron chi connectivity index (χ1n) is 5.81. The van der Waals surface area contributed by atoms with Crippen molar-refractivity contribution in [2.24, 2.45) is 0 Å². The highest BCUT2D eigenvalue weighted by Gasteiger charge is 2.25. The largest absolute Gasteiger partial charge is 0.385 e. The lowest BCUT2D eigenvalue weighted by molar-refractivity contribution is 0.0566. The van der Waals surface area contributed by atoms with Gasteiger partial charge in [-0.05, 0) is 36.2 Å². The van der Waals surface area contributed by atoms with Gasteiger partial charge < -0.3 is 5.11 Å². The lowest BCUT2D eigenvalue weighted by atomic mass is 9.89. The quantitative estimate of drug-likeness (QED) is 0.897. The number of benzene rings is 2. The van der Waals surface area contributed by atoms with Gasteiger partial charge in [-0.1, -0.05) is 34.1 Å². The van der Waals surface area contributed by atoms with E-state index in [4.69, 9.17) is 0 Å². The summed E-state index contributed by atoms with van der Waals surface area (Å²) in [5, 5.41) is 10.4. The van der Waals surface area contributed by atoms with Gasteiger partial charge in [0.2, 0.25) is 0 Å². The van der Waals surface area contributed by atoms with Gasteiger partial charge in [-0.15, -0.1) is 0 Å². The van der Waals surface area contributed by atoms with E-state index in [2.05, 4.69) is 15.9 Å². The molecule has 0 saturated heterocycles. The molecular formula is C15H13BrF2O. The normalized spacial score (nSPS) is 14.2. The maximum absolute atomic E-state index is 13.6. The van der Waals surface area contributed by atoms with Gasteiger partial charge in [0.15, 0.2) is 0 Å². The van der Waals surface area contributed by atoms with Crippen LogP contribution >= 0.6 is 15.9 Å². The molecule has 0 aromatic heterocycles. The average Bonchev–Trinajstić information content (AvgIpc) is 2.33. The molecule has 2 rings (SSSR count). The zero-order valence-corrected chi connectivity index (χ0v) is 11.9. The zero-order valence-electron chi connectivity index (χ0n) is 10.3. The summed E-state index contributed by atoms with van der Waals surface area (Å²) in [4.78, 5) is 0. The van der Waals surface area contributed by atoms with E-state index in [-0.39, 0.29) is 12.0 Å². The summed E-state index contributed by atoms with van der Waals surface area (Å²) in [7, 11) is 0. The van der Waals surface area contributed by atoms with Crippen LogP contribution in [-0.2, 0) is 12.0 Å². The van der Waals surface area contributed by atoms with Crippen LogP contribution in [0.1, 0.15) is 18.1 Å². The Morgan fingerprint density at radius 3 is 2.32 bits per heavy atom. The molecule has 100 valence electrons. The second-order valence-electron chi connectivity index (χ2n) is 4.69. The molecule has 0 aliphatic rings. The smallest absolute Gasteiger partial charge is 0.129 e. The fourth-order valence-electron chi connectivity index (χ4n) is 1.95. The van der Waals surface area contributed by atoms with Crippen molar-refractivity contribution < 1.29 is 13.9 Å². The average molecular weight is 327 g/mol. The molecule has 1 unspecified atom stereocenters. The molecule has 0 bridgehead atoms. The van der Waals surface area contributed by atoms with Crippen LogP contribution in [0.25, 0.3) is 0 Å². The molecule has 1 nitrogen and oxygen atoms in total. The van der Waals surface area contributed by atoms with Crippen LogP contribution in [0.2, 0.25) is 0 Å². The Hall–Kier alpha value is -1.26. The molecule has 0 fully saturated rings. The highest BCUT2D eigenvalue weighted by atomic mass is 79.9. The summed E-state index contributed by atoms with van der Waals surface area (Å²) in [6.07, 6.45) is 0.0841. The highest BCUT2D eigenvalue weighted by molar-refractivity contribution is 9.10. The Labute approximate surface area is 119 Å². The fraction of sp³-hybridized carbons (Fsp3) is 0.200. The van der Waals surface area contributed by atoms with Crippen molar-refractivity contribution >= 4 is 15.9 Å². The Bertz CT molecular complexity index is 579.